The van der Waals surface area contributed by atoms with Crippen molar-refractivity contribution < 1.29 is 9.90 Å². The molecule has 0 aliphatic rings. The average Bonchev–Trinajstić information content (AvgIpc) is 3.00. The second-order valence-electron chi connectivity index (χ2n) is 6.79. The second-order valence-corrected chi connectivity index (χ2v) is 6.79. The third-order valence-corrected chi connectivity index (χ3v) is 3.97. The van der Waals surface area contributed by atoms with Crippen LogP contribution >= 0.6 is 0 Å². The molecule has 0 amide bonds. The average molecular weight is 320 g/mol. The molecule has 0 bridgehead atoms. The normalized spacial score (nSPS) is 11.5. The van der Waals surface area contributed by atoms with Crippen molar-refractivity contribution in [1.29, 1.82) is 0 Å². The van der Waals surface area contributed by atoms with Gasteiger partial charge in [-0.1, -0.05) is 63.2 Å². The fraction of sp³-hybridized carbons (Fsp3) is 0.200. The van der Waals surface area contributed by atoms with Crippen LogP contribution in [-0.4, -0.2) is 20.6 Å². The van der Waals surface area contributed by atoms with Crippen LogP contribution < -0.4 is 0 Å². The zero-order chi connectivity index (χ0) is 17.3. The molecule has 0 fully saturated rings. The Morgan fingerprint density at radius 1 is 1.00 bits per heavy atom. The molecule has 0 saturated carbocycles. The van der Waals surface area contributed by atoms with Crippen LogP contribution in [0.15, 0.2) is 60.8 Å². The van der Waals surface area contributed by atoms with Crippen LogP contribution in [0.1, 0.15) is 36.8 Å². The van der Waals surface area contributed by atoms with Crippen molar-refractivity contribution in [2.45, 2.75) is 26.2 Å². The summed E-state index contributed by atoms with van der Waals surface area (Å²) in [6, 6.07) is 17.7. The number of aromatic carboxylic acids is 1. The van der Waals surface area contributed by atoms with E-state index in [2.05, 4.69) is 37.9 Å². The van der Waals surface area contributed by atoms with Crippen LogP contribution in [0.25, 0.3) is 17.1 Å². The number of rotatable bonds is 3. The van der Waals surface area contributed by atoms with E-state index in [1.807, 2.05) is 47.0 Å². The van der Waals surface area contributed by atoms with Crippen LogP contribution in [0, 0.1) is 0 Å². The van der Waals surface area contributed by atoms with Gasteiger partial charge in [-0.25, -0.2) is 9.78 Å². The summed E-state index contributed by atoms with van der Waals surface area (Å²) in [6.07, 6.45) is 1.57. The molecule has 0 aliphatic carbocycles. The molecule has 24 heavy (non-hydrogen) atoms. The van der Waals surface area contributed by atoms with Gasteiger partial charge in [0.1, 0.15) is 5.82 Å². The molecular weight excluding hydrogens is 300 g/mol. The van der Waals surface area contributed by atoms with Gasteiger partial charge in [0.25, 0.3) is 0 Å². The minimum absolute atomic E-state index is 0.0359. The predicted molar refractivity (Wildman–Crippen MR) is 94.7 cm³/mol. The van der Waals surface area contributed by atoms with Gasteiger partial charge < -0.3 is 5.11 Å². The van der Waals surface area contributed by atoms with Gasteiger partial charge in [0.2, 0.25) is 0 Å². The maximum absolute atomic E-state index is 11.3. The Morgan fingerprint density at radius 2 is 1.62 bits per heavy atom. The summed E-state index contributed by atoms with van der Waals surface area (Å²) in [4.78, 5) is 15.6. The maximum atomic E-state index is 11.3. The maximum Gasteiger partial charge on any atom is 0.356 e. The molecular formula is C20H20N2O2. The standard InChI is InChI=1S/C20H20N2O2/c1-20(2,3)15-9-11-16(12-10-15)22-13-17(19(23)24)21-18(22)14-7-5-4-6-8-14/h4-13H,1-3H3,(H,23,24). The number of carbonyl (C=O) groups is 1. The van der Waals surface area contributed by atoms with E-state index < -0.39 is 5.97 Å². The number of carboxylic acids is 1. The summed E-state index contributed by atoms with van der Waals surface area (Å²) in [6.45, 7) is 6.49. The van der Waals surface area contributed by atoms with E-state index in [-0.39, 0.29) is 11.1 Å². The molecule has 0 saturated heterocycles. The summed E-state index contributed by atoms with van der Waals surface area (Å²) in [5.74, 6) is -0.409. The number of nitrogens with zero attached hydrogens (tertiary/aromatic N) is 2. The zero-order valence-corrected chi connectivity index (χ0v) is 14.0. The molecule has 0 atom stereocenters. The zero-order valence-electron chi connectivity index (χ0n) is 14.0. The first kappa shape index (κ1) is 16.0. The molecule has 122 valence electrons. The van der Waals surface area contributed by atoms with E-state index in [1.54, 1.807) is 6.20 Å². The van der Waals surface area contributed by atoms with E-state index in [0.29, 0.717) is 5.82 Å². The van der Waals surface area contributed by atoms with Gasteiger partial charge in [0.15, 0.2) is 5.69 Å². The van der Waals surface area contributed by atoms with Crippen LogP contribution in [-0.2, 0) is 5.41 Å². The number of hydrogen-bond donors (Lipinski definition) is 1. The van der Waals surface area contributed by atoms with E-state index in [9.17, 15) is 9.90 Å². The van der Waals surface area contributed by atoms with Crippen LogP contribution in [0.2, 0.25) is 0 Å². The van der Waals surface area contributed by atoms with Crippen molar-refractivity contribution in [1.82, 2.24) is 9.55 Å². The Labute approximate surface area is 141 Å². The Balaban J connectivity index is 2.11. The van der Waals surface area contributed by atoms with E-state index >= 15 is 0 Å². The molecule has 0 unspecified atom stereocenters. The van der Waals surface area contributed by atoms with Gasteiger partial charge in [-0.3, -0.25) is 4.57 Å². The molecule has 2 aromatic carbocycles. The lowest BCUT2D eigenvalue weighted by Crippen LogP contribution is -2.10. The highest BCUT2D eigenvalue weighted by Crippen LogP contribution is 2.26. The molecule has 1 aromatic heterocycles. The minimum Gasteiger partial charge on any atom is -0.476 e. The first-order valence-electron chi connectivity index (χ1n) is 7.85. The van der Waals surface area contributed by atoms with Crippen LogP contribution in [0.3, 0.4) is 0 Å². The van der Waals surface area contributed by atoms with Gasteiger partial charge in [0.05, 0.1) is 0 Å². The third kappa shape index (κ3) is 3.08. The Kier molecular flexibility index (Phi) is 3.97. The van der Waals surface area contributed by atoms with Gasteiger partial charge in [-0.2, -0.15) is 0 Å². The number of aromatic nitrogens is 2. The lowest BCUT2D eigenvalue weighted by Gasteiger charge is -2.19. The van der Waals surface area contributed by atoms with Crippen molar-refractivity contribution in [2.24, 2.45) is 0 Å². The molecule has 1 N–H and O–H groups in total. The van der Waals surface area contributed by atoms with Crippen LogP contribution in [0.5, 0.6) is 0 Å². The summed E-state index contributed by atoms with van der Waals surface area (Å²) >= 11 is 0. The molecule has 0 spiro atoms. The quantitative estimate of drug-likeness (QED) is 0.771. The Morgan fingerprint density at radius 3 is 2.17 bits per heavy atom. The Bertz CT molecular complexity index is 857. The molecule has 4 nitrogen and oxygen atoms in total. The molecule has 4 heteroatoms. The highest BCUT2D eigenvalue weighted by molar-refractivity contribution is 5.86. The predicted octanol–water partition coefficient (Wildman–Crippen LogP) is 4.54. The fourth-order valence-electron chi connectivity index (χ4n) is 2.59. The molecule has 0 radical (unpaired) electrons. The second kappa shape index (κ2) is 5.96. The van der Waals surface area contributed by atoms with Crippen LogP contribution in [0.4, 0.5) is 0 Å². The summed E-state index contributed by atoms with van der Waals surface area (Å²) in [5.41, 5.74) is 3.11. The molecule has 3 rings (SSSR count). The Hall–Kier alpha value is -2.88. The number of imidazole rings is 1. The van der Waals surface area contributed by atoms with E-state index in [0.717, 1.165) is 11.3 Å². The lowest BCUT2D eigenvalue weighted by molar-refractivity contribution is 0.0691. The van der Waals surface area contributed by atoms with Crippen molar-refractivity contribution in [3.05, 3.63) is 72.1 Å². The first-order valence-corrected chi connectivity index (χ1v) is 7.85. The lowest BCUT2D eigenvalue weighted by atomic mass is 9.87. The van der Waals surface area contributed by atoms with E-state index in [1.165, 1.54) is 5.56 Å². The monoisotopic (exact) mass is 320 g/mol. The number of benzene rings is 2. The topological polar surface area (TPSA) is 55.1 Å². The van der Waals surface area contributed by atoms with Gasteiger partial charge in [0, 0.05) is 17.4 Å². The summed E-state index contributed by atoms with van der Waals surface area (Å²) < 4.78 is 1.82. The van der Waals surface area contributed by atoms with E-state index in [4.69, 9.17) is 0 Å². The van der Waals surface area contributed by atoms with Gasteiger partial charge in [-0.15, -0.1) is 0 Å². The minimum atomic E-state index is -1.03. The summed E-state index contributed by atoms with van der Waals surface area (Å²) in [5, 5.41) is 9.29. The molecule has 1 heterocycles. The van der Waals surface area contributed by atoms with Crippen molar-refractivity contribution >= 4 is 5.97 Å². The first-order chi connectivity index (χ1) is 11.4. The molecule has 0 aliphatic heterocycles. The third-order valence-electron chi connectivity index (χ3n) is 3.97. The highest BCUT2D eigenvalue weighted by atomic mass is 16.4. The highest BCUT2D eigenvalue weighted by Gasteiger charge is 2.17. The fourth-order valence-corrected chi connectivity index (χ4v) is 2.59. The van der Waals surface area contributed by atoms with Crippen molar-refractivity contribution in [3.8, 4) is 17.1 Å². The smallest absolute Gasteiger partial charge is 0.356 e. The van der Waals surface area contributed by atoms with Crippen molar-refractivity contribution in [3.63, 3.8) is 0 Å². The van der Waals surface area contributed by atoms with Gasteiger partial charge >= 0.3 is 5.97 Å². The van der Waals surface area contributed by atoms with Gasteiger partial charge in [-0.05, 0) is 23.1 Å². The summed E-state index contributed by atoms with van der Waals surface area (Å²) in [7, 11) is 0. The number of hydrogen-bond acceptors (Lipinski definition) is 2. The SMILES string of the molecule is CC(C)(C)c1ccc(-n2cc(C(=O)O)nc2-c2ccccc2)cc1. The van der Waals surface area contributed by atoms with Crippen molar-refractivity contribution in [2.75, 3.05) is 0 Å². The largest absolute Gasteiger partial charge is 0.476 e. The molecule has 3 aromatic rings. The number of carboxylic acid groups (broad SMARTS) is 1.